The summed E-state index contributed by atoms with van der Waals surface area (Å²) in [6.07, 6.45) is 0. The number of amides is 1. The molecule has 0 bridgehead atoms. The van der Waals surface area contributed by atoms with E-state index in [0.717, 1.165) is 0 Å². The number of rotatable bonds is 2. The van der Waals surface area contributed by atoms with E-state index >= 15 is 0 Å². The average Bonchev–Trinajstić information content (AvgIpc) is 2.46. The van der Waals surface area contributed by atoms with E-state index < -0.39 is 0 Å². The molecule has 0 saturated carbocycles. The molecule has 0 aliphatic carbocycles. The van der Waals surface area contributed by atoms with E-state index in [2.05, 4.69) is 21.2 Å². The first-order valence-electron chi connectivity index (χ1n) is 5.68. The number of nitrogens with zero attached hydrogens (tertiary/aromatic N) is 1. The number of hydrogen-bond acceptors (Lipinski definition) is 3. The minimum absolute atomic E-state index is 0.209. The van der Waals surface area contributed by atoms with Crippen molar-refractivity contribution < 1.29 is 4.79 Å². The number of nitrogens with two attached hydrogens (primary N) is 1. The Balaban J connectivity index is 2.28. The minimum atomic E-state index is -0.384. The summed E-state index contributed by atoms with van der Waals surface area (Å²) in [6.45, 7) is 0. The van der Waals surface area contributed by atoms with Crippen LogP contribution < -0.4 is 11.1 Å². The lowest BCUT2D eigenvalue weighted by atomic mass is 10.1. The predicted octanol–water partition coefficient (Wildman–Crippen LogP) is 4.46. The summed E-state index contributed by atoms with van der Waals surface area (Å²) in [5.74, 6) is -0.384. The van der Waals surface area contributed by atoms with Gasteiger partial charge in [0.1, 0.15) is 0 Å². The SMILES string of the molecule is N#Cc1ccc(NC(=O)c2cc(N)c(Cl)c(Cl)c2)c(Br)c1. The van der Waals surface area contributed by atoms with Crippen LogP contribution in [-0.2, 0) is 0 Å². The van der Waals surface area contributed by atoms with Gasteiger partial charge in [0.25, 0.3) is 5.91 Å². The van der Waals surface area contributed by atoms with E-state index in [-0.39, 0.29) is 27.2 Å². The molecular weight excluding hydrogens is 377 g/mol. The highest BCUT2D eigenvalue weighted by atomic mass is 79.9. The Kier molecular flexibility index (Phi) is 4.73. The van der Waals surface area contributed by atoms with Gasteiger partial charge >= 0.3 is 0 Å². The van der Waals surface area contributed by atoms with Crippen LogP contribution in [0.3, 0.4) is 0 Å². The van der Waals surface area contributed by atoms with Gasteiger partial charge in [0.05, 0.1) is 33.1 Å². The highest BCUT2D eigenvalue weighted by Gasteiger charge is 2.13. The van der Waals surface area contributed by atoms with Gasteiger partial charge in [-0.15, -0.1) is 0 Å². The lowest BCUT2D eigenvalue weighted by molar-refractivity contribution is 0.102. The summed E-state index contributed by atoms with van der Waals surface area (Å²) >= 11 is 15.0. The van der Waals surface area contributed by atoms with Crippen LogP contribution in [0.1, 0.15) is 15.9 Å². The molecule has 7 heteroatoms. The van der Waals surface area contributed by atoms with Crippen molar-refractivity contribution in [3.8, 4) is 6.07 Å². The highest BCUT2D eigenvalue weighted by molar-refractivity contribution is 9.10. The quantitative estimate of drug-likeness (QED) is 0.750. The van der Waals surface area contributed by atoms with Crippen LogP contribution >= 0.6 is 39.1 Å². The molecule has 0 atom stereocenters. The van der Waals surface area contributed by atoms with Gasteiger partial charge in [-0.2, -0.15) is 5.26 Å². The van der Waals surface area contributed by atoms with E-state index in [0.29, 0.717) is 15.7 Å². The normalized spacial score (nSPS) is 10.0. The maximum Gasteiger partial charge on any atom is 0.255 e. The van der Waals surface area contributed by atoms with E-state index in [1.54, 1.807) is 18.2 Å². The molecule has 106 valence electrons. The Morgan fingerprint density at radius 3 is 2.57 bits per heavy atom. The predicted molar refractivity (Wildman–Crippen MR) is 87.7 cm³/mol. The summed E-state index contributed by atoms with van der Waals surface area (Å²) in [5, 5.41) is 11.9. The number of halogens is 3. The third-order valence-electron chi connectivity index (χ3n) is 2.66. The van der Waals surface area contributed by atoms with Crippen molar-refractivity contribution in [1.29, 1.82) is 5.26 Å². The first-order chi connectivity index (χ1) is 9.92. The molecular formula is C14H8BrCl2N3O. The second kappa shape index (κ2) is 6.35. The number of carbonyl (C=O) groups excluding carboxylic acids is 1. The second-order valence-electron chi connectivity index (χ2n) is 4.12. The molecule has 1 amide bonds. The summed E-state index contributed by atoms with van der Waals surface area (Å²) in [7, 11) is 0. The number of benzene rings is 2. The molecule has 0 spiro atoms. The summed E-state index contributed by atoms with van der Waals surface area (Å²) < 4.78 is 0.600. The second-order valence-corrected chi connectivity index (χ2v) is 5.76. The van der Waals surface area contributed by atoms with Crippen LogP contribution in [0.4, 0.5) is 11.4 Å². The molecule has 0 saturated heterocycles. The summed E-state index contributed by atoms with van der Waals surface area (Å²) in [6, 6.07) is 9.73. The molecule has 4 nitrogen and oxygen atoms in total. The van der Waals surface area contributed by atoms with Crippen molar-refractivity contribution in [2.75, 3.05) is 11.1 Å². The van der Waals surface area contributed by atoms with Crippen molar-refractivity contribution in [2.45, 2.75) is 0 Å². The van der Waals surface area contributed by atoms with E-state index in [9.17, 15) is 4.79 Å². The van der Waals surface area contributed by atoms with Crippen molar-refractivity contribution in [3.63, 3.8) is 0 Å². The summed E-state index contributed by atoms with van der Waals surface area (Å²) in [5.41, 5.74) is 7.21. The van der Waals surface area contributed by atoms with Gasteiger partial charge in [0, 0.05) is 10.0 Å². The average molecular weight is 385 g/mol. The molecule has 3 N–H and O–H groups in total. The zero-order valence-electron chi connectivity index (χ0n) is 10.5. The van der Waals surface area contributed by atoms with Gasteiger partial charge in [-0.3, -0.25) is 4.79 Å². The third kappa shape index (κ3) is 3.48. The van der Waals surface area contributed by atoms with Gasteiger partial charge in [-0.1, -0.05) is 23.2 Å². The molecule has 0 radical (unpaired) electrons. The van der Waals surface area contributed by atoms with Crippen LogP contribution in [0, 0.1) is 11.3 Å². The molecule has 0 fully saturated rings. The molecule has 0 aromatic heterocycles. The van der Waals surface area contributed by atoms with Crippen LogP contribution in [-0.4, -0.2) is 5.91 Å². The standard InChI is InChI=1S/C14H8BrCl2N3O/c15-9-3-7(6-18)1-2-12(9)20-14(21)8-4-10(16)13(17)11(19)5-8/h1-5H,19H2,(H,20,21). The summed E-state index contributed by atoms with van der Waals surface area (Å²) in [4.78, 5) is 12.2. The van der Waals surface area contributed by atoms with E-state index in [4.69, 9.17) is 34.2 Å². The van der Waals surface area contributed by atoms with Crippen LogP contribution in [0.25, 0.3) is 0 Å². The zero-order chi connectivity index (χ0) is 15.6. The third-order valence-corrected chi connectivity index (χ3v) is 4.14. The molecule has 2 rings (SSSR count). The van der Waals surface area contributed by atoms with E-state index in [1.807, 2.05) is 6.07 Å². The van der Waals surface area contributed by atoms with Gasteiger partial charge in [-0.25, -0.2) is 0 Å². The lowest BCUT2D eigenvalue weighted by Crippen LogP contribution is -2.13. The number of nitrogen functional groups attached to an aromatic ring is 1. The van der Waals surface area contributed by atoms with Crippen LogP contribution in [0.2, 0.25) is 10.0 Å². The number of hydrogen-bond donors (Lipinski definition) is 2. The number of nitriles is 1. The number of anilines is 2. The number of nitrogens with one attached hydrogen (secondary N) is 1. The fraction of sp³-hybridized carbons (Fsp3) is 0. The minimum Gasteiger partial charge on any atom is -0.397 e. The van der Waals surface area contributed by atoms with Gasteiger partial charge in [0.2, 0.25) is 0 Å². The smallest absolute Gasteiger partial charge is 0.255 e. The maximum atomic E-state index is 12.2. The first kappa shape index (κ1) is 15.6. The van der Waals surface area contributed by atoms with Gasteiger partial charge in [0.15, 0.2) is 0 Å². The van der Waals surface area contributed by atoms with E-state index in [1.165, 1.54) is 12.1 Å². The maximum absolute atomic E-state index is 12.2. The molecule has 0 heterocycles. The van der Waals surface area contributed by atoms with Gasteiger partial charge < -0.3 is 11.1 Å². The fourth-order valence-corrected chi connectivity index (χ4v) is 2.44. The Morgan fingerprint density at radius 2 is 2.00 bits per heavy atom. The van der Waals surface area contributed by atoms with Crippen molar-refractivity contribution >= 4 is 56.4 Å². The van der Waals surface area contributed by atoms with Crippen molar-refractivity contribution in [1.82, 2.24) is 0 Å². The molecule has 2 aromatic rings. The Hall–Kier alpha value is -1.74. The van der Waals surface area contributed by atoms with Crippen molar-refractivity contribution in [3.05, 3.63) is 56.0 Å². The Morgan fingerprint density at radius 1 is 1.29 bits per heavy atom. The van der Waals surface area contributed by atoms with Gasteiger partial charge in [-0.05, 0) is 46.3 Å². The lowest BCUT2D eigenvalue weighted by Gasteiger charge is -2.09. The zero-order valence-corrected chi connectivity index (χ0v) is 13.6. The fourth-order valence-electron chi connectivity index (χ4n) is 1.62. The van der Waals surface area contributed by atoms with Crippen molar-refractivity contribution in [2.24, 2.45) is 0 Å². The molecule has 0 aliphatic rings. The topological polar surface area (TPSA) is 78.9 Å². The number of carbonyl (C=O) groups is 1. The highest BCUT2D eigenvalue weighted by Crippen LogP contribution is 2.30. The molecule has 0 aliphatic heterocycles. The molecule has 21 heavy (non-hydrogen) atoms. The monoisotopic (exact) mass is 383 g/mol. The largest absolute Gasteiger partial charge is 0.397 e. The first-order valence-corrected chi connectivity index (χ1v) is 7.23. The molecule has 0 unspecified atom stereocenters. The van der Waals surface area contributed by atoms with Crippen LogP contribution in [0.15, 0.2) is 34.8 Å². The van der Waals surface area contributed by atoms with Crippen LogP contribution in [0.5, 0.6) is 0 Å². The molecule has 2 aromatic carbocycles. The Labute approximate surface area is 139 Å². The Bertz CT molecular complexity index is 748.